The number of hydrogen-bond acceptors (Lipinski definition) is 6. The number of carbonyl (C=O) groups excluding carboxylic acids is 3. The van der Waals surface area contributed by atoms with Gasteiger partial charge in [0.2, 0.25) is 11.8 Å². The summed E-state index contributed by atoms with van der Waals surface area (Å²) in [5.74, 6) is -0.0757. The molecule has 0 aromatic heterocycles. The van der Waals surface area contributed by atoms with Gasteiger partial charge in [0.1, 0.15) is 11.4 Å². The van der Waals surface area contributed by atoms with Crippen LogP contribution in [0.15, 0.2) is 24.3 Å². The molecule has 0 spiro atoms. The second-order valence-corrected chi connectivity index (χ2v) is 11.7. The maximum absolute atomic E-state index is 13.0. The smallest absolute Gasteiger partial charge is 0.417 e. The summed E-state index contributed by atoms with van der Waals surface area (Å²) in [6.45, 7) is 4.38. The summed E-state index contributed by atoms with van der Waals surface area (Å²) in [7, 11) is 0. The number of amides is 3. The summed E-state index contributed by atoms with van der Waals surface area (Å²) in [5, 5.41) is 15.5. The van der Waals surface area contributed by atoms with E-state index in [-0.39, 0.29) is 42.3 Å². The number of hydrogen-bond donors (Lipinski definition) is 4. The minimum Gasteiger partial charge on any atom is -0.445 e. The molecular weight excluding hydrogens is 502 g/mol. The Morgan fingerprint density at radius 1 is 1.28 bits per heavy atom. The first-order valence-corrected chi connectivity index (χ1v) is 14.1. The Morgan fingerprint density at radius 3 is 2.75 bits per heavy atom. The number of aliphatic hydroxyl groups is 1. The van der Waals surface area contributed by atoms with Crippen LogP contribution in [0.3, 0.4) is 0 Å². The molecule has 0 radical (unpaired) electrons. The zero-order valence-electron chi connectivity index (χ0n) is 21.0. The second-order valence-electron chi connectivity index (χ2n) is 10.2. The predicted molar refractivity (Wildman–Crippen MR) is 141 cm³/mol. The fourth-order valence-electron chi connectivity index (χ4n) is 4.96. The number of halogens is 1. The van der Waals surface area contributed by atoms with Gasteiger partial charge in [0.25, 0.3) is 0 Å². The van der Waals surface area contributed by atoms with Gasteiger partial charge in [0, 0.05) is 23.4 Å². The Labute approximate surface area is 222 Å². The van der Waals surface area contributed by atoms with Gasteiger partial charge in [0.15, 0.2) is 0 Å². The van der Waals surface area contributed by atoms with Crippen LogP contribution >= 0.6 is 23.5 Å². The molecule has 1 saturated carbocycles. The lowest BCUT2D eigenvalue weighted by atomic mass is 9.96. The molecule has 2 unspecified atom stereocenters. The molecule has 1 aliphatic heterocycles. The molecule has 10 heteroatoms. The maximum Gasteiger partial charge on any atom is 0.417 e. The molecular formula is C26H38ClN3O5S. The van der Waals surface area contributed by atoms with Crippen LogP contribution < -0.4 is 15.4 Å². The first-order chi connectivity index (χ1) is 17.2. The highest BCUT2D eigenvalue weighted by atomic mass is 35.5. The molecule has 1 aromatic carbocycles. The summed E-state index contributed by atoms with van der Waals surface area (Å²) < 4.78 is 8.45. The van der Waals surface area contributed by atoms with Crippen LogP contribution in [-0.4, -0.2) is 53.6 Å². The van der Waals surface area contributed by atoms with Crippen LogP contribution in [0.1, 0.15) is 57.9 Å². The molecule has 200 valence electrons. The number of rotatable bonds is 12. The number of nitrogens with one attached hydrogen (secondary N) is 3. The lowest BCUT2D eigenvalue weighted by molar-refractivity contribution is -0.125. The Morgan fingerprint density at radius 2 is 2.08 bits per heavy atom. The lowest BCUT2D eigenvalue weighted by Crippen LogP contribution is -2.45. The largest absolute Gasteiger partial charge is 0.445 e. The maximum atomic E-state index is 13.0. The molecule has 3 amide bonds. The van der Waals surface area contributed by atoms with Crippen molar-refractivity contribution in [1.82, 2.24) is 15.4 Å². The monoisotopic (exact) mass is 539 g/mol. The lowest BCUT2D eigenvalue weighted by Gasteiger charge is -2.24. The van der Waals surface area contributed by atoms with E-state index in [1.165, 1.54) is 0 Å². The van der Waals surface area contributed by atoms with Crippen molar-refractivity contribution >= 4 is 41.5 Å². The standard InChI is InChI=1S/C26H38ClN3O5S/c1-16(2)11-23(25(33)29-21(15-31)14-19-9-10-28-24(19)32)36-30-26(34)35-22-8-4-6-18(22)12-17-5-3-7-20(27)13-17/h3,5,7,13,16,18-19,21-23,31H,4,6,8-12,14-15H2,1-2H3,(H,28,32)(H,29,33)(H,30,34)/t18?,19-,21-,22?,23-/m0/s1. The van der Waals surface area contributed by atoms with E-state index in [0.29, 0.717) is 30.8 Å². The van der Waals surface area contributed by atoms with Crippen LogP contribution in [0.5, 0.6) is 0 Å². The van der Waals surface area contributed by atoms with Gasteiger partial charge in [-0.1, -0.05) is 37.6 Å². The molecule has 1 aliphatic carbocycles. The minimum absolute atomic E-state index is 0.0409. The zero-order chi connectivity index (χ0) is 26.1. The van der Waals surface area contributed by atoms with Crippen molar-refractivity contribution in [2.75, 3.05) is 13.2 Å². The predicted octanol–water partition coefficient (Wildman–Crippen LogP) is 3.84. The molecule has 8 nitrogen and oxygen atoms in total. The van der Waals surface area contributed by atoms with Crippen LogP contribution in [0.4, 0.5) is 4.79 Å². The average Bonchev–Trinajstić information content (AvgIpc) is 3.44. The number of benzene rings is 1. The van der Waals surface area contributed by atoms with Gasteiger partial charge in [-0.25, -0.2) is 4.79 Å². The average molecular weight is 540 g/mol. The first-order valence-electron chi connectivity index (χ1n) is 12.8. The summed E-state index contributed by atoms with van der Waals surface area (Å²) in [6, 6.07) is 7.23. The van der Waals surface area contributed by atoms with E-state index >= 15 is 0 Å². The zero-order valence-corrected chi connectivity index (χ0v) is 22.6. The third kappa shape index (κ3) is 8.85. The molecule has 36 heavy (non-hydrogen) atoms. The number of carbonyl (C=O) groups is 3. The van der Waals surface area contributed by atoms with Crippen LogP contribution in [0, 0.1) is 17.8 Å². The van der Waals surface area contributed by atoms with Gasteiger partial charge in [-0.15, -0.1) is 0 Å². The Balaban J connectivity index is 1.50. The second kappa shape index (κ2) is 14.1. The first kappa shape index (κ1) is 28.6. The molecule has 1 aromatic rings. The molecule has 1 saturated heterocycles. The molecule has 5 atom stereocenters. The Bertz CT molecular complexity index is 902. The number of aliphatic hydroxyl groups excluding tert-OH is 1. The molecule has 1 heterocycles. The highest BCUT2D eigenvalue weighted by Crippen LogP contribution is 2.32. The van der Waals surface area contributed by atoms with E-state index in [1.807, 2.05) is 38.1 Å². The van der Waals surface area contributed by atoms with E-state index in [2.05, 4.69) is 15.4 Å². The summed E-state index contributed by atoms with van der Waals surface area (Å²) in [4.78, 5) is 37.5. The van der Waals surface area contributed by atoms with Gasteiger partial charge in [0.05, 0.1) is 12.6 Å². The molecule has 2 fully saturated rings. The third-order valence-corrected chi connectivity index (χ3v) is 8.01. The molecule has 2 aliphatic rings. The molecule has 3 rings (SSSR count). The Kier molecular flexibility index (Phi) is 11.2. The van der Waals surface area contributed by atoms with E-state index in [0.717, 1.165) is 43.2 Å². The van der Waals surface area contributed by atoms with Crippen LogP contribution in [0.2, 0.25) is 5.02 Å². The SMILES string of the molecule is CC(C)C[C@H](SNC(=O)OC1CCCC1Cc1cccc(Cl)c1)C(=O)N[C@H](CO)C[C@@H]1CCNC1=O. The number of ether oxygens (including phenoxy) is 1. The highest BCUT2D eigenvalue weighted by Gasteiger charge is 2.32. The van der Waals surface area contributed by atoms with Gasteiger partial charge >= 0.3 is 6.09 Å². The van der Waals surface area contributed by atoms with Crippen LogP contribution in [-0.2, 0) is 20.7 Å². The third-order valence-electron chi connectivity index (χ3n) is 6.80. The van der Waals surface area contributed by atoms with Crippen molar-refractivity contribution in [3.05, 3.63) is 34.9 Å². The van der Waals surface area contributed by atoms with Crippen molar-refractivity contribution in [2.24, 2.45) is 17.8 Å². The van der Waals surface area contributed by atoms with Gasteiger partial charge in [-0.05, 0) is 80.5 Å². The Hall–Kier alpha value is -1.97. The quantitative estimate of drug-likeness (QED) is 0.300. The summed E-state index contributed by atoms with van der Waals surface area (Å²) in [5.41, 5.74) is 1.12. The minimum atomic E-state index is -0.550. The van der Waals surface area contributed by atoms with Gasteiger partial charge in [-0.3, -0.25) is 14.3 Å². The summed E-state index contributed by atoms with van der Waals surface area (Å²) in [6.07, 6.45) is 4.48. The molecule has 0 bridgehead atoms. The van der Waals surface area contributed by atoms with Crippen molar-refractivity contribution < 1.29 is 24.2 Å². The fraction of sp³-hybridized carbons (Fsp3) is 0.654. The van der Waals surface area contributed by atoms with E-state index < -0.39 is 17.4 Å². The normalized spacial score (nSPS) is 23.2. The van der Waals surface area contributed by atoms with Crippen LogP contribution in [0.25, 0.3) is 0 Å². The van der Waals surface area contributed by atoms with Gasteiger partial charge < -0.3 is 20.5 Å². The van der Waals surface area contributed by atoms with Crippen molar-refractivity contribution in [1.29, 1.82) is 0 Å². The van der Waals surface area contributed by atoms with Crippen molar-refractivity contribution in [3.8, 4) is 0 Å². The van der Waals surface area contributed by atoms with E-state index in [9.17, 15) is 19.5 Å². The fourth-order valence-corrected chi connectivity index (χ4v) is 6.12. The van der Waals surface area contributed by atoms with Gasteiger partial charge in [-0.2, -0.15) is 0 Å². The summed E-state index contributed by atoms with van der Waals surface area (Å²) >= 11 is 7.15. The highest BCUT2D eigenvalue weighted by molar-refractivity contribution is 7.99. The van der Waals surface area contributed by atoms with E-state index in [1.54, 1.807) is 0 Å². The molecule has 4 N–H and O–H groups in total. The van der Waals surface area contributed by atoms with Crippen molar-refractivity contribution in [2.45, 2.75) is 76.2 Å². The van der Waals surface area contributed by atoms with Crippen molar-refractivity contribution in [3.63, 3.8) is 0 Å². The van der Waals surface area contributed by atoms with E-state index in [4.69, 9.17) is 16.3 Å². The topological polar surface area (TPSA) is 117 Å².